The second-order valence-electron chi connectivity index (χ2n) is 6.88. The van der Waals surface area contributed by atoms with Gasteiger partial charge in [-0.05, 0) is 55.2 Å². The molecule has 0 spiro atoms. The lowest BCUT2D eigenvalue weighted by Gasteiger charge is -2.26. The Balaban J connectivity index is 1.95. The Morgan fingerprint density at radius 3 is 2.65 bits per heavy atom. The third kappa shape index (κ3) is 3.92. The molecule has 2 rings (SSSR count). The summed E-state index contributed by atoms with van der Waals surface area (Å²) in [5.41, 5.74) is 8.02. The summed E-state index contributed by atoms with van der Waals surface area (Å²) in [6, 6.07) is 8.27. The average Bonchev–Trinajstić information content (AvgIpc) is 2.34. The number of hydrogen-bond acceptors (Lipinski definition) is 2. The van der Waals surface area contributed by atoms with Crippen molar-refractivity contribution >= 4 is 5.78 Å². The minimum Gasteiger partial charge on any atom is -0.330 e. The first kappa shape index (κ1) is 15.2. The fraction of sp³-hybridized carbons (Fsp3) is 0.611. The van der Waals surface area contributed by atoms with E-state index in [2.05, 4.69) is 26.0 Å². The van der Waals surface area contributed by atoms with E-state index in [0.29, 0.717) is 18.9 Å². The minimum absolute atomic E-state index is 0.163. The van der Waals surface area contributed by atoms with Crippen LogP contribution in [0, 0.1) is 5.41 Å². The van der Waals surface area contributed by atoms with Crippen molar-refractivity contribution in [3.05, 3.63) is 35.4 Å². The smallest absolute Gasteiger partial charge is 0.162 e. The zero-order valence-corrected chi connectivity index (χ0v) is 12.8. The molecule has 1 fully saturated rings. The number of benzene rings is 1. The van der Waals surface area contributed by atoms with Crippen LogP contribution < -0.4 is 5.73 Å². The molecular weight excluding hydrogens is 246 g/mol. The first-order valence-corrected chi connectivity index (χ1v) is 7.85. The third-order valence-electron chi connectivity index (χ3n) is 4.64. The highest BCUT2D eigenvalue weighted by molar-refractivity contribution is 5.96. The summed E-state index contributed by atoms with van der Waals surface area (Å²) in [4.78, 5) is 12.3. The van der Waals surface area contributed by atoms with Crippen molar-refractivity contribution < 1.29 is 4.79 Å². The lowest BCUT2D eigenvalue weighted by molar-refractivity contribution is 0.0961. The Bertz CT molecular complexity index is 460. The number of nitrogens with two attached hydrogens (primary N) is 1. The summed E-state index contributed by atoms with van der Waals surface area (Å²) in [6.45, 7) is 5.08. The highest BCUT2D eigenvalue weighted by atomic mass is 16.1. The van der Waals surface area contributed by atoms with Gasteiger partial charge in [0.25, 0.3) is 0 Å². The van der Waals surface area contributed by atoms with Crippen LogP contribution in [0.4, 0.5) is 0 Å². The van der Waals surface area contributed by atoms with E-state index in [9.17, 15) is 4.79 Å². The van der Waals surface area contributed by atoms with Crippen molar-refractivity contribution in [1.29, 1.82) is 0 Å². The van der Waals surface area contributed by atoms with Gasteiger partial charge in [-0.3, -0.25) is 4.79 Å². The standard InChI is InChI=1S/C18H27NO/c1-18(2,11-12-19)10-9-17(20)16-8-4-7-15(13-16)14-5-3-6-14/h4,7-8,13-14H,3,5-6,9-12,19H2,1-2H3. The van der Waals surface area contributed by atoms with Gasteiger partial charge < -0.3 is 5.73 Å². The molecule has 1 aromatic rings. The van der Waals surface area contributed by atoms with Crippen LogP contribution in [0.3, 0.4) is 0 Å². The summed E-state index contributed by atoms with van der Waals surface area (Å²) in [5.74, 6) is 0.965. The number of carbonyl (C=O) groups is 1. The van der Waals surface area contributed by atoms with E-state index in [1.165, 1.54) is 24.8 Å². The van der Waals surface area contributed by atoms with Crippen LogP contribution >= 0.6 is 0 Å². The highest BCUT2D eigenvalue weighted by Gasteiger charge is 2.21. The maximum absolute atomic E-state index is 12.3. The number of carbonyl (C=O) groups excluding carboxylic acids is 1. The van der Waals surface area contributed by atoms with E-state index < -0.39 is 0 Å². The molecule has 0 bridgehead atoms. The van der Waals surface area contributed by atoms with E-state index in [1.54, 1.807) is 0 Å². The fourth-order valence-corrected chi connectivity index (χ4v) is 2.82. The largest absolute Gasteiger partial charge is 0.330 e. The van der Waals surface area contributed by atoms with Crippen LogP contribution in [0.1, 0.15) is 74.2 Å². The van der Waals surface area contributed by atoms with Crippen LogP contribution in [0.25, 0.3) is 0 Å². The third-order valence-corrected chi connectivity index (χ3v) is 4.64. The first-order chi connectivity index (χ1) is 9.52. The molecule has 2 heteroatoms. The van der Waals surface area contributed by atoms with Gasteiger partial charge in [0, 0.05) is 12.0 Å². The van der Waals surface area contributed by atoms with Gasteiger partial charge in [-0.15, -0.1) is 0 Å². The van der Waals surface area contributed by atoms with Crippen LogP contribution in [0.2, 0.25) is 0 Å². The molecule has 0 radical (unpaired) electrons. The van der Waals surface area contributed by atoms with Crippen molar-refractivity contribution in [3.63, 3.8) is 0 Å². The SMILES string of the molecule is CC(C)(CCN)CCC(=O)c1cccc(C2CCC2)c1. The molecule has 20 heavy (non-hydrogen) atoms. The van der Waals surface area contributed by atoms with Crippen molar-refractivity contribution in [2.45, 2.75) is 58.3 Å². The maximum Gasteiger partial charge on any atom is 0.162 e. The molecule has 0 unspecified atom stereocenters. The maximum atomic E-state index is 12.3. The molecule has 1 aromatic carbocycles. The van der Waals surface area contributed by atoms with E-state index in [1.807, 2.05) is 12.1 Å². The van der Waals surface area contributed by atoms with Crippen molar-refractivity contribution in [2.75, 3.05) is 6.54 Å². The van der Waals surface area contributed by atoms with Crippen molar-refractivity contribution in [2.24, 2.45) is 11.1 Å². The van der Waals surface area contributed by atoms with Gasteiger partial charge in [-0.1, -0.05) is 38.5 Å². The Kier molecular flexibility index (Phi) is 4.98. The van der Waals surface area contributed by atoms with Crippen LogP contribution in [-0.4, -0.2) is 12.3 Å². The number of hydrogen-bond donors (Lipinski definition) is 1. The molecule has 0 atom stereocenters. The summed E-state index contributed by atoms with van der Waals surface area (Å²) in [6.07, 6.45) is 6.40. The average molecular weight is 273 g/mol. The zero-order valence-electron chi connectivity index (χ0n) is 12.8. The zero-order chi connectivity index (χ0) is 14.6. The molecule has 1 aliphatic rings. The number of Topliss-reactive ketones (excluding diaryl/α,β-unsaturated/α-hetero) is 1. The molecule has 0 heterocycles. The predicted octanol–water partition coefficient (Wildman–Crippen LogP) is 4.29. The van der Waals surface area contributed by atoms with Gasteiger partial charge in [0.15, 0.2) is 5.78 Å². The van der Waals surface area contributed by atoms with E-state index >= 15 is 0 Å². The van der Waals surface area contributed by atoms with E-state index in [0.717, 1.165) is 18.4 Å². The molecule has 0 saturated heterocycles. The van der Waals surface area contributed by atoms with Gasteiger partial charge in [0.1, 0.15) is 0 Å². The van der Waals surface area contributed by atoms with E-state index in [4.69, 9.17) is 5.73 Å². The van der Waals surface area contributed by atoms with Crippen molar-refractivity contribution in [1.82, 2.24) is 0 Å². The lowest BCUT2D eigenvalue weighted by Crippen LogP contribution is -2.18. The lowest BCUT2D eigenvalue weighted by atomic mass is 9.79. The fourth-order valence-electron chi connectivity index (χ4n) is 2.82. The molecule has 0 aliphatic heterocycles. The van der Waals surface area contributed by atoms with Crippen LogP contribution in [-0.2, 0) is 0 Å². The quantitative estimate of drug-likeness (QED) is 0.753. The summed E-state index contributed by atoms with van der Waals surface area (Å²) in [7, 11) is 0. The predicted molar refractivity (Wildman–Crippen MR) is 84.1 cm³/mol. The topological polar surface area (TPSA) is 43.1 Å². The Morgan fingerprint density at radius 1 is 1.30 bits per heavy atom. The molecule has 2 nitrogen and oxygen atoms in total. The normalized spacial score (nSPS) is 15.9. The monoisotopic (exact) mass is 273 g/mol. The van der Waals surface area contributed by atoms with Crippen molar-refractivity contribution in [3.8, 4) is 0 Å². The van der Waals surface area contributed by atoms with Gasteiger partial charge in [-0.2, -0.15) is 0 Å². The Labute approximate surface area is 122 Å². The summed E-state index contributed by atoms with van der Waals surface area (Å²) in [5, 5.41) is 0. The van der Waals surface area contributed by atoms with Crippen LogP contribution in [0.15, 0.2) is 24.3 Å². The molecule has 1 saturated carbocycles. The second kappa shape index (κ2) is 6.53. The Morgan fingerprint density at radius 2 is 2.05 bits per heavy atom. The van der Waals surface area contributed by atoms with Gasteiger partial charge >= 0.3 is 0 Å². The van der Waals surface area contributed by atoms with Gasteiger partial charge in [0.2, 0.25) is 0 Å². The first-order valence-electron chi connectivity index (χ1n) is 7.85. The molecule has 110 valence electrons. The van der Waals surface area contributed by atoms with Crippen LogP contribution in [0.5, 0.6) is 0 Å². The Hall–Kier alpha value is -1.15. The van der Waals surface area contributed by atoms with Gasteiger partial charge in [0.05, 0.1) is 0 Å². The number of ketones is 1. The summed E-state index contributed by atoms with van der Waals surface area (Å²) >= 11 is 0. The highest BCUT2D eigenvalue weighted by Crippen LogP contribution is 2.36. The minimum atomic E-state index is 0.163. The molecule has 0 aromatic heterocycles. The van der Waals surface area contributed by atoms with Gasteiger partial charge in [-0.25, -0.2) is 0 Å². The molecule has 2 N–H and O–H groups in total. The molecule has 1 aliphatic carbocycles. The second-order valence-corrected chi connectivity index (χ2v) is 6.88. The van der Waals surface area contributed by atoms with E-state index in [-0.39, 0.29) is 11.2 Å². The summed E-state index contributed by atoms with van der Waals surface area (Å²) < 4.78 is 0. The molecule has 0 amide bonds. The number of rotatable bonds is 7. The molecular formula is C18H27NO.